The summed E-state index contributed by atoms with van der Waals surface area (Å²) in [5.41, 5.74) is 1.98. The highest BCUT2D eigenvalue weighted by Crippen LogP contribution is 2.21. The van der Waals surface area contributed by atoms with E-state index in [1.807, 2.05) is 19.1 Å². The molecule has 0 saturated carbocycles. The zero-order chi connectivity index (χ0) is 26.5. The standard InChI is InChI=1S/C30H30O7/c1-3-22-8-10-23(11-9-22)29(32)36-26-16-18-27(19-17-26)37-30(33)24-12-14-25(15-13-24)34-20-6-5-7-21-35-28(31)4-2/h4,8-19H,2-3,5-7,20-21H2,1H3. The minimum atomic E-state index is -0.513. The quantitative estimate of drug-likeness (QED) is 0.123. The van der Waals surface area contributed by atoms with Crippen LogP contribution in [0, 0.1) is 0 Å². The molecule has 3 rings (SSSR count). The van der Waals surface area contributed by atoms with Crippen molar-refractivity contribution in [3.05, 3.63) is 102 Å². The van der Waals surface area contributed by atoms with Gasteiger partial charge in [-0.1, -0.05) is 25.6 Å². The SMILES string of the molecule is C=CC(=O)OCCCCCOc1ccc(C(=O)Oc2ccc(OC(=O)c3ccc(CC)cc3)cc2)cc1. The fourth-order valence-corrected chi connectivity index (χ4v) is 3.27. The second-order valence-electron chi connectivity index (χ2n) is 8.11. The lowest BCUT2D eigenvalue weighted by Crippen LogP contribution is -2.09. The second kappa shape index (κ2) is 14.2. The molecular formula is C30H30O7. The van der Waals surface area contributed by atoms with Crippen molar-refractivity contribution in [2.24, 2.45) is 0 Å². The van der Waals surface area contributed by atoms with Crippen molar-refractivity contribution in [3.63, 3.8) is 0 Å². The largest absolute Gasteiger partial charge is 0.494 e. The third kappa shape index (κ3) is 8.96. The molecule has 0 aliphatic heterocycles. The van der Waals surface area contributed by atoms with Crippen LogP contribution in [0.25, 0.3) is 0 Å². The fraction of sp³-hybridized carbons (Fsp3) is 0.233. The molecule has 0 aliphatic rings. The van der Waals surface area contributed by atoms with Crippen molar-refractivity contribution in [1.29, 1.82) is 0 Å². The molecule has 0 radical (unpaired) electrons. The van der Waals surface area contributed by atoms with Gasteiger partial charge in [0.25, 0.3) is 0 Å². The monoisotopic (exact) mass is 502 g/mol. The Balaban J connectivity index is 1.41. The summed E-state index contributed by atoms with van der Waals surface area (Å²) in [4.78, 5) is 35.7. The van der Waals surface area contributed by atoms with Gasteiger partial charge in [0, 0.05) is 6.08 Å². The fourth-order valence-electron chi connectivity index (χ4n) is 3.27. The zero-order valence-electron chi connectivity index (χ0n) is 20.8. The summed E-state index contributed by atoms with van der Waals surface area (Å²) in [6.45, 7) is 6.27. The molecule has 7 nitrogen and oxygen atoms in total. The van der Waals surface area contributed by atoms with Gasteiger partial charge in [0.15, 0.2) is 0 Å². The summed E-state index contributed by atoms with van der Waals surface area (Å²) >= 11 is 0. The van der Waals surface area contributed by atoms with Crippen molar-refractivity contribution in [3.8, 4) is 17.2 Å². The van der Waals surface area contributed by atoms with Crippen LogP contribution in [0.1, 0.15) is 52.5 Å². The van der Waals surface area contributed by atoms with E-state index in [1.165, 1.54) is 0 Å². The molecule has 0 heterocycles. The van der Waals surface area contributed by atoms with Gasteiger partial charge < -0.3 is 18.9 Å². The van der Waals surface area contributed by atoms with Crippen LogP contribution in [0.5, 0.6) is 17.2 Å². The highest BCUT2D eigenvalue weighted by Gasteiger charge is 2.11. The Hall–Kier alpha value is -4.39. The van der Waals surface area contributed by atoms with Crippen LogP contribution in [0.3, 0.4) is 0 Å². The molecule has 0 atom stereocenters. The van der Waals surface area contributed by atoms with Crippen LogP contribution >= 0.6 is 0 Å². The molecule has 3 aromatic carbocycles. The molecule has 0 aromatic heterocycles. The maximum atomic E-state index is 12.5. The number of ether oxygens (including phenoxy) is 4. The maximum absolute atomic E-state index is 12.5. The Kier molecular flexibility index (Phi) is 10.5. The number of esters is 3. The molecule has 3 aromatic rings. The van der Waals surface area contributed by atoms with E-state index in [9.17, 15) is 14.4 Å². The average molecular weight is 503 g/mol. The Morgan fingerprint density at radius 3 is 1.68 bits per heavy atom. The van der Waals surface area contributed by atoms with Crippen molar-refractivity contribution >= 4 is 17.9 Å². The second-order valence-corrected chi connectivity index (χ2v) is 8.11. The number of hydrogen-bond acceptors (Lipinski definition) is 7. The van der Waals surface area contributed by atoms with E-state index in [4.69, 9.17) is 18.9 Å². The van der Waals surface area contributed by atoms with Crippen molar-refractivity contribution in [2.75, 3.05) is 13.2 Å². The van der Waals surface area contributed by atoms with Gasteiger partial charge in [-0.05, 0) is 91.9 Å². The van der Waals surface area contributed by atoms with Gasteiger partial charge in [-0.3, -0.25) is 0 Å². The molecule has 0 N–H and O–H groups in total. The highest BCUT2D eigenvalue weighted by atomic mass is 16.5. The lowest BCUT2D eigenvalue weighted by Gasteiger charge is -2.09. The summed E-state index contributed by atoms with van der Waals surface area (Å²) in [5, 5.41) is 0. The number of aryl methyl sites for hydroxylation is 1. The van der Waals surface area contributed by atoms with Gasteiger partial charge in [0.1, 0.15) is 17.2 Å². The third-order valence-electron chi connectivity index (χ3n) is 5.40. The molecular weight excluding hydrogens is 472 g/mol. The van der Waals surface area contributed by atoms with Crippen LogP contribution < -0.4 is 14.2 Å². The van der Waals surface area contributed by atoms with Crippen LogP contribution in [-0.2, 0) is 16.0 Å². The first-order valence-corrected chi connectivity index (χ1v) is 12.1. The zero-order valence-corrected chi connectivity index (χ0v) is 20.8. The lowest BCUT2D eigenvalue weighted by atomic mass is 10.1. The molecule has 0 saturated heterocycles. The molecule has 7 heteroatoms. The number of carbonyl (C=O) groups is 3. The first kappa shape index (κ1) is 27.2. The molecule has 0 fully saturated rings. The Bertz CT molecular complexity index is 1180. The molecule has 0 unspecified atom stereocenters. The molecule has 37 heavy (non-hydrogen) atoms. The van der Waals surface area contributed by atoms with E-state index in [-0.39, 0.29) is 0 Å². The Labute approximate surface area is 216 Å². The third-order valence-corrected chi connectivity index (χ3v) is 5.40. The van der Waals surface area contributed by atoms with Gasteiger partial charge in [0.05, 0.1) is 24.3 Å². The van der Waals surface area contributed by atoms with Crippen LogP contribution in [-0.4, -0.2) is 31.1 Å². The van der Waals surface area contributed by atoms with E-state index in [0.29, 0.717) is 41.6 Å². The summed E-state index contributed by atoms with van der Waals surface area (Å²) in [7, 11) is 0. The summed E-state index contributed by atoms with van der Waals surface area (Å²) in [6, 6.07) is 20.2. The molecule has 0 spiro atoms. The average Bonchev–Trinajstić information content (AvgIpc) is 2.93. The molecule has 192 valence electrons. The minimum Gasteiger partial charge on any atom is -0.494 e. The number of unbranched alkanes of at least 4 members (excludes halogenated alkanes) is 2. The molecule has 0 aliphatic carbocycles. The number of carbonyl (C=O) groups excluding carboxylic acids is 3. The van der Waals surface area contributed by atoms with E-state index in [0.717, 1.165) is 37.3 Å². The molecule has 0 bridgehead atoms. The first-order valence-electron chi connectivity index (χ1n) is 12.1. The Morgan fingerprint density at radius 1 is 0.676 bits per heavy atom. The molecule has 0 amide bonds. The van der Waals surface area contributed by atoms with Crippen molar-refractivity contribution in [1.82, 2.24) is 0 Å². The number of benzene rings is 3. The highest BCUT2D eigenvalue weighted by molar-refractivity contribution is 5.92. The topological polar surface area (TPSA) is 88.1 Å². The van der Waals surface area contributed by atoms with Crippen LogP contribution in [0.15, 0.2) is 85.5 Å². The minimum absolute atomic E-state index is 0.330. The summed E-state index contributed by atoms with van der Waals surface area (Å²) < 4.78 is 21.4. The van der Waals surface area contributed by atoms with Gasteiger partial charge in [-0.25, -0.2) is 14.4 Å². The van der Waals surface area contributed by atoms with Crippen LogP contribution in [0.2, 0.25) is 0 Å². The van der Waals surface area contributed by atoms with E-state index < -0.39 is 17.9 Å². The Morgan fingerprint density at radius 2 is 1.16 bits per heavy atom. The predicted octanol–water partition coefficient (Wildman–Crippen LogP) is 5.97. The van der Waals surface area contributed by atoms with E-state index in [2.05, 4.69) is 6.58 Å². The van der Waals surface area contributed by atoms with Gasteiger partial charge in [-0.2, -0.15) is 0 Å². The van der Waals surface area contributed by atoms with Crippen molar-refractivity contribution in [2.45, 2.75) is 32.6 Å². The normalized spacial score (nSPS) is 10.3. The smallest absolute Gasteiger partial charge is 0.343 e. The van der Waals surface area contributed by atoms with Gasteiger partial charge in [-0.15, -0.1) is 0 Å². The predicted molar refractivity (Wildman–Crippen MR) is 139 cm³/mol. The lowest BCUT2D eigenvalue weighted by molar-refractivity contribution is -0.137. The van der Waals surface area contributed by atoms with Gasteiger partial charge in [0.2, 0.25) is 0 Å². The van der Waals surface area contributed by atoms with Crippen LogP contribution in [0.4, 0.5) is 0 Å². The van der Waals surface area contributed by atoms with E-state index in [1.54, 1.807) is 60.7 Å². The maximum Gasteiger partial charge on any atom is 0.343 e. The number of hydrogen-bond donors (Lipinski definition) is 0. The van der Waals surface area contributed by atoms with Crippen molar-refractivity contribution < 1.29 is 33.3 Å². The van der Waals surface area contributed by atoms with Gasteiger partial charge >= 0.3 is 17.9 Å². The summed E-state index contributed by atoms with van der Waals surface area (Å²) in [6.07, 6.45) is 4.47. The summed E-state index contributed by atoms with van der Waals surface area (Å²) in [5.74, 6) is -0.0586. The first-order chi connectivity index (χ1) is 18.0. The van der Waals surface area contributed by atoms with E-state index >= 15 is 0 Å². The number of rotatable bonds is 13.